The maximum Gasteiger partial charge on any atom is 0.410 e. The normalized spacial score (nSPS) is 14.6. The number of nitrogens with one attached hydrogen (secondary N) is 2. The summed E-state index contributed by atoms with van der Waals surface area (Å²) in [4.78, 5) is 26.5. The molecular formula is C29H32FN5O2. The fourth-order valence-electron chi connectivity index (χ4n) is 4.71. The Balaban J connectivity index is 1.34. The van der Waals surface area contributed by atoms with Gasteiger partial charge in [0.2, 0.25) is 0 Å². The zero-order valence-corrected chi connectivity index (χ0v) is 21.4. The third-order valence-corrected chi connectivity index (χ3v) is 6.59. The van der Waals surface area contributed by atoms with Crippen molar-refractivity contribution in [2.45, 2.75) is 51.7 Å². The fraction of sp³-hybridized carbons (Fsp3) is 0.345. The maximum absolute atomic E-state index is 15.0. The van der Waals surface area contributed by atoms with Gasteiger partial charge in [-0.1, -0.05) is 30.3 Å². The number of halogens is 1. The van der Waals surface area contributed by atoms with Crippen molar-refractivity contribution in [3.63, 3.8) is 0 Å². The van der Waals surface area contributed by atoms with Crippen molar-refractivity contribution in [2.75, 3.05) is 18.4 Å². The highest BCUT2D eigenvalue weighted by Crippen LogP contribution is 2.34. The molecule has 3 heterocycles. The van der Waals surface area contributed by atoms with E-state index in [9.17, 15) is 9.18 Å². The zero-order chi connectivity index (χ0) is 26.0. The van der Waals surface area contributed by atoms with Crippen LogP contribution < -0.4 is 5.32 Å². The van der Waals surface area contributed by atoms with Gasteiger partial charge in [-0.2, -0.15) is 0 Å². The lowest BCUT2D eigenvalue weighted by atomic mass is 9.93. The number of H-pyrrole nitrogens is 1. The Morgan fingerprint density at radius 1 is 1.11 bits per heavy atom. The van der Waals surface area contributed by atoms with E-state index in [0.717, 1.165) is 35.2 Å². The van der Waals surface area contributed by atoms with E-state index in [-0.39, 0.29) is 17.8 Å². The minimum absolute atomic E-state index is 0.240. The Kier molecular flexibility index (Phi) is 6.82. The molecule has 0 atom stereocenters. The lowest BCUT2D eigenvalue weighted by Gasteiger charge is -2.33. The van der Waals surface area contributed by atoms with Crippen LogP contribution >= 0.6 is 0 Å². The number of hydrogen-bond acceptors (Lipinski definition) is 5. The number of ether oxygens (including phenoxy) is 1. The summed E-state index contributed by atoms with van der Waals surface area (Å²) in [5.41, 5.74) is 4.14. The van der Waals surface area contributed by atoms with Crippen LogP contribution in [-0.2, 0) is 11.3 Å². The summed E-state index contributed by atoms with van der Waals surface area (Å²) in [5.74, 6) is -0.0943. The van der Waals surface area contributed by atoms with Crippen molar-refractivity contribution >= 4 is 22.8 Å². The third-order valence-electron chi connectivity index (χ3n) is 6.59. The molecule has 1 fully saturated rings. The predicted octanol–water partition coefficient (Wildman–Crippen LogP) is 6.49. The standard InChI is InChI=1S/C29H32FN5O2/c1-29(2,3)37-28(36)35-13-11-20(12-14-35)25-16-23-26(32-18-33-27(23)34-25)22-15-21(9-10-24(22)30)31-17-19-7-5-4-6-8-19/h4-10,15-16,18,20,31H,11-14,17H2,1-3H3,(H,32,33,34). The smallest absolute Gasteiger partial charge is 0.410 e. The van der Waals surface area contributed by atoms with Gasteiger partial charge in [-0.3, -0.25) is 0 Å². The largest absolute Gasteiger partial charge is 0.444 e. The number of benzene rings is 2. The van der Waals surface area contributed by atoms with Crippen LogP contribution in [0.2, 0.25) is 0 Å². The Morgan fingerprint density at radius 3 is 2.59 bits per heavy atom. The molecule has 4 aromatic rings. The van der Waals surface area contributed by atoms with E-state index < -0.39 is 5.60 Å². The van der Waals surface area contributed by atoms with Gasteiger partial charge in [-0.25, -0.2) is 19.2 Å². The summed E-state index contributed by atoms with van der Waals surface area (Å²) >= 11 is 0. The Labute approximate surface area is 216 Å². The van der Waals surface area contributed by atoms with Crippen molar-refractivity contribution in [3.8, 4) is 11.3 Å². The van der Waals surface area contributed by atoms with E-state index in [1.807, 2.05) is 57.2 Å². The monoisotopic (exact) mass is 501 g/mol. The van der Waals surface area contributed by atoms with Crippen molar-refractivity contribution in [2.24, 2.45) is 0 Å². The van der Waals surface area contributed by atoms with Crippen LogP contribution in [0.25, 0.3) is 22.3 Å². The summed E-state index contributed by atoms with van der Waals surface area (Å²) < 4.78 is 20.5. The molecule has 7 nitrogen and oxygen atoms in total. The van der Waals surface area contributed by atoms with Crippen LogP contribution in [0.4, 0.5) is 14.9 Å². The summed E-state index contributed by atoms with van der Waals surface area (Å²) in [6, 6.07) is 17.1. The first-order chi connectivity index (χ1) is 17.8. The molecule has 1 aliphatic rings. The molecule has 8 heteroatoms. The number of aromatic amines is 1. The molecule has 0 aliphatic carbocycles. The van der Waals surface area contributed by atoms with E-state index in [4.69, 9.17) is 4.74 Å². The molecule has 2 aromatic heterocycles. The zero-order valence-electron chi connectivity index (χ0n) is 21.4. The number of likely N-dealkylation sites (tertiary alicyclic amines) is 1. The number of nitrogens with zero attached hydrogens (tertiary/aromatic N) is 3. The molecule has 1 aliphatic heterocycles. The summed E-state index contributed by atoms with van der Waals surface area (Å²) in [6.45, 7) is 7.51. The average molecular weight is 502 g/mol. The first kappa shape index (κ1) is 24.7. The molecule has 0 bridgehead atoms. The SMILES string of the molecule is CC(C)(C)OC(=O)N1CCC(c2cc3c(-c4cc(NCc5ccccc5)ccc4F)ncnc3[nH]2)CC1. The second-order valence-corrected chi connectivity index (χ2v) is 10.5. The Bertz CT molecular complexity index is 1390. The number of hydrogen-bond donors (Lipinski definition) is 2. The molecule has 1 saturated heterocycles. The second kappa shape index (κ2) is 10.2. The van der Waals surface area contributed by atoms with Gasteiger partial charge in [0.15, 0.2) is 0 Å². The van der Waals surface area contributed by atoms with Gasteiger partial charge in [0, 0.05) is 47.9 Å². The molecule has 1 amide bonds. The minimum atomic E-state index is -0.510. The first-order valence-electron chi connectivity index (χ1n) is 12.7. The number of amides is 1. The summed E-state index contributed by atoms with van der Waals surface area (Å²) in [5, 5.41) is 4.15. The van der Waals surface area contributed by atoms with Crippen LogP contribution in [0.5, 0.6) is 0 Å². The van der Waals surface area contributed by atoms with E-state index >= 15 is 0 Å². The summed E-state index contributed by atoms with van der Waals surface area (Å²) in [7, 11) is 0. The van der Waals surface area contributed by atoms with Crippen LogP contribution in [-0.4, -0.2) is 44.6 Å². The van der Waals surface area contributed by atoms with Crippen LogP contribution in [0.3, 0.4) is 0 Å². The lowest BCUT2D eigenvalue weighted by molar-refractivity contribution is 0.0204. The number of anilines is 1. The Hall–Kier alpha value is -3.94. The maximum atomic E-state index is 15.0. The highest BCUT2D eigenvalue weighted by atomic mass is 19.1. The van der Waals surface area contributed by atoms with Crippen LogP contribution in [0.1, 0.15) is 50.8 Å². The highest BCUT2D eigenvalue weighted by molar-refractivity contribution is 5.92. The molecule has 0 unspecified atom stereocenters. The van der Waals surface area contributed by atoms with Crippen LogP contribution in [0, 0.1) is 5.82 Å². The number of piperidine rings is 1. The Morgan fingerprint density at radius 2 is 1.86 bits per heavy atom. The van der Waals surface area contributed by atoms with Crippen molar-refractivity contribution in [1.82, 2.24) is 19.9 Å². The average Bonchev–Trinajstić information content (AvgIpc) is 3.33. The molecule has 37 heavy (non-hydrogen) atoms. The molecular weight excluding hydrogens is 469 g/mol. The van der Waals surface area contributed by atoms with Crippen molar-refractivity contribution < 1.29 is 13.9 Å². The molecule has 0 radical (unpaired) electrons. The van der Waals surface area contributed by atoms with Gasteiger partial charge in [-0.05, 0) is 63.4 Å². The lowest BCUT2D eigenvalue weighted by Crippen LogP contribution is -2.41. The quantitative estimate of drug-likeness (QED) is 0.327. The number of carbonyl (C=O) groups excluding carboxylic acids is 1. The minimum Gasteiger partial charge on any atom is -0.444 e. The van der Waals surface area contributed by atoms with Gasteiger partial charge in [0.05, 0.1) is 5.69 Å². The van der Waals surface area contributed by atoms with Gasteiger partial charge in [0.1, 0.15) is 23.4 Å². The van der Waals surface area contributed by atoms with Gasteiger partial charge >= 0.3 is 6.09 Å². The van der Waals surface area contributed by atoms with Crippen LogP contribution in [0.15, 0.2) is 60.9 Å². The van der Waals surface area contributed by atoms with Gasteiger partial charge < -0.3 is 19.9 Å². The summed E-state index contributed by atoms with van der Waals surface area (Å²) in [6.07, 6.45) is 2.81. The molecule has 0 saturated carbocycles. The van der Waals surface area contributed by atoms with Gasteiger partial charge in [-0.15, -0.1) is 0 Å². The topological polar surface area (TPSA) is 83.1 Å². The van der Waals surface area contributed by atoms with E-state index in [1.165, 1.54) is 12.4 Å². The molecule has 192 valence electrons. The van der Waals surface area contributed by atoms with Crippen molar-refractivity contribution in [3.05, 3.63) is 78.0 Å². The highest BCUT2D eigenvalue weighted by Gasteiger charge is 2.28. The van der Waals surface area contributed by atoms with E-state index in [1.54, 1.807) is 17.0 Å². The number of carbonyl (C=O) groups is 1. The van der Waals surface area contributed by atoms with Crippen molar-refractivity contribution in [1.29, 1.82) is 0 Å². The number of rotatable bonds is 5. The number of aromatic nitrogens is 3. The second-order valence-electron chi connectivity index (χ2n) is 10.5. The van der Waals surface area contributed by atoms with E-state index in [0.29, 0.717) is 36.5 Å². The molecule has 0 spiro atoms. The van der Waals surface area contributed by atoms with E-state index in [2.05, 4.69) is 20.3 Å². The molecule has 2 N–H and O–H groups in total. The molecule has 5 rings (SSSR count). The third kappa shape index (κ3) is 5.74. The number of fused-ring (bicyclic) bond motifs is 1. The predicted molar refractivity (Wildman–Crippen MR) is 143 cm³/mol. The van der Waals surface area contributed by atoms with Gasteiger partial charge in [0.25, 0.3) is 0 Å². The first-order valence-corrected chi connectivity index (χ1v) is 12.7. The fourth-order valence-corrected chi connectivity index (χ4v) is 4.71. The molecule has 2 aromatic carbocycles.